The van der Waals surface area contributed by atoms with Crippen LogP contribution in [0.25, 0.3) is 56.1 Å². The van der Waals surface area contributed by atoms with E-state index >= 15 is 0 Å². The summed E-state index contributed by atoms with van der Waals surface area (Å²) in [6, 6.07) is 9.33. The van der Waals surface area contributed by atoms with Gasteiger partial charge in [-0.05, 0) is 68.5 Å². The van der Waals surface area contributed by atoms with Crippen molar-refractivity contribution in [1.82, 2.24) is 49.1 Å². The highest BCUT2D eigenvalue weighted by Crippen LogP contribution is 2.35. The molecule has 7 heterocycles. The predicted octanol–water partition coefficient (Wildman–Crippen LogP) is 6.31. The molecule has 1 atom stereocenters. The molecule has 1 fully saturated rings. The standard InChI is InChI=1S/C22H23F3N6O3.C17H15F3N6O2/c23-22(24,25)13-5-6-16-14(10-13)28-20(26-7-3-9-34-19-4-1-2-8-33-19)21-27-12-17(31(16)21)15-11-18(32)30-29-15;18-17(19,20)9-2-3-12-10(6-9)23-15(21-4-1-5-27)16-22-8-13(26(12)16)11-7-14(28)25-24-11/h5-6,10-12,19H,1-4,7-9H2,(H,26,28)(H2,29,30,32);2-3,6-8,27H,1,4-5H2,(H,21,23)(H2,24,25,28). The number of fused-ring (bicyclic) bond motifs is 6. The quantitative estimate of drug-likeness (QED) is 0.0533. The number of nitrogens with zero attached hydrogens (tertiary/aromatic N) is 6. The summed E-state index contributed by atoms with van der Waals surface area (Å²) in [6.07, 6.45) is -2.05. The van der Waals surface area contributed by atoms with Crippen LogP contribution in [0.15, 0.2) is 70.5 Å². The molecule has 0 bridgehead atoms. The van der Waals surface area contributed by atoms with Gasteiger partial charge in [0.15, 0.2) is 29.2 Å². The summed E-state index contributed by atoms with van der Waals surface area (Å²) >= 11 is 0. The number of nitrogens with one attached hydrogen (secondary N) is 6. The molecule has 326 valence electrons. The Morgan fingerprint density at radius 1 is 0.726 bits per heavy atom. The Kier molecular flexibility index (Phi) is 11.7. The topological polar surface area (TPSA) is 220 Å². The lowest BCUT2D eigenvalue weighted by atomic mass is 10.2. The second-order valence-corrected chi connectivity index (χ2v) is 14.2. The molecule has 1 aliphatic rings. The van der Waals surface area contributed by atoms with Gasteiger partial charge in [-0.2, -0.15) is 26.3 Å². The van der Waals surface area contributed by atoms with Gasteiger partial charge in [-0.3, -0.25) is 38.8 Å². The zero-order chi connectivity index (χ0) is 43.6. The van der Waals surface area contributed by atoms with Gasteiger partial charge >= 0.3 is 12.4 Å². The summed E-state index contributed by atoms with van der Waals surface area (Å²) in [6.45, 7) is 1.98. The Bertz CT molecular complexity index is 2960. The highest BCUT2D eigenvalue weighted by molar-refractivity contribution is 5.87. The van der Waals surface area contributed by atoms with Crippen LogP contribution in [-0.4, -0.2) is 93.4 Å². The number of alkyl halides is 6. The molecule has 23 heteroatoms. The normalized spacial score (nSPS) is 14.8. The van der Waals surface area contributed by atoms with Crippen LogP contribution in [0.3, 0.4) is 0 Å². The van der Waals surface area contributed by atoms with Crippen LogP contribution >= 0.6 is 0 Å². The van der Waals surface area contributed by atoms with Crippen molar-refractivity contribution in [3.8, 4) is 22.8 Å². The molecule has 0 amide bonds. The monoisotopic (exact) mass is 868 g/mol. The van der Waals surface area contributed by atoms with E-state index in [1.165, 1.54) is 30.5 Å². The number of halogens is 6. The molecule has 8 aromatic rings. The number of benzene rings is 2. The van der Waals surface area contributed by atoms with E-state index in [-0.39, 0.29) is 40.9 Å². The predicted molar refractivity (Wildman–Crippen MR) is 215 cm³/mol. The summed E-state index contributed by atoms with van der Waals surface area (Å²) in [5, 5.41) is 25.5. The van der Waals surface area contributed by atoms with E-state index in [1.807, 2.05) is 0 Å². The lowest BCUT2D eigenvalue weighted by Gasteiger charge is -2.22. The molecule has 9 rings (SSSR count). The maximum atomic E-state index is 13.3. The first-order valence-electron chi connectivity index (χ1n) is 19.4. The largest absolute Gasteiger partial charge is 0.416 e. The molecule has 0 spiro atoms. The molecule has 62 heavy (non-hydrogen) atoms. The van der Waals surface area contributed by atoms with Gasteiger partial charge < -0.3 is 25.2 Å². The van der Waals surface area contributed by atoms with E-state index in [1.54, 1.807) is 15.0 Å². The van der Waals surface area contributed by atoms with Crippen LogP contribution in [0.5, 0.6) is 0 Å². The summed E-state index contributed by atoms with van der Waals surface area (Å²) in [4.78, 5) is 40.6. The third kappa shape index (κ3) is 8.85. The lowest BCUT2D eigenvalue weighted by Crippen LogP contribution is -2.23. The van der Waals surface area contributed by atoms with Crippen molar-refractivity contribution in [3.05, 3.63) is 92.8 Å². The maximum Gasteiger partial charge on any atom is 0.416 e. The lowest BCUT2D eigenvalue weighted by molar-refractivity contribution is -0.162. The smallest absolute Gasteiger partial charge is 0.396 e. The molecule has 2 aromatic carbocycles. The Morgan fingerprint density at radius 2 is 1.24 bits per heavy atom. The average Bonchev–Trinajstić information content (AvgIpc) is 4.07. The fourth-order valence-electron chi connectivity index (χ4n) is 7.00. The van der Waals surface area contributed by atoms with Gasteiger partial charge in [0.05, 0.1) is 75.0 Å². The van der Waals surface area contributed by atoms with Crippen LogP contribution in [-0.2, 0) is 21.8 Å². The molecule has 0 saturated carbocycles. The summed E-state index contributed by atoms with van der Waals surface area (Å²) in [5.74, 6) is 0.620. The van der Waals surface area contributed by atoms with E-state index < -0.39 is 23.5 Å². The van der Waals surface area contributed by atoms with Gasteiger partial charge in [-0.15, -0.1) is 0 Å². The zero-order valence-corrected chi connectivity index (χ0v) is 32.5. The van der Waals surface area contributed by atoms with E-state index in [0.717, 1.165) is 43.5 Å². The average molecular weight is 869 g/mol. The number of aromatic nitrogens is 10. The van der Waals surface area contributed by atoms with E-state index in [4.69, 9.17) is 14.6 Å². The third-order valence-corrected chi connectivity index (χ3v) is 9.93. The molecule has 0 radical (unpaired) electrons. The SMILES string of the molecule is O=c1cc(-c2cnc3c(NCCCO)nc4cc(C(F)(F)F)ccc4n23)[nH][nH]1.O=c1cc(-c2cnc3c(NCCCOC4CCCCO4)nc4cc(C(F)(F)F)ccc4n23)[nH][nH]1. The number of H-pyrrole nitrogens is 4. The third-order valence-electron chi connectivity index (χ3n) is 9.93. The number of anilines is 2. The maximum absolute atomic E-state index is 13.3. The Morgan fingerprint density at radius 3 is 1.68 bits per heavy atom. The van der Waals surface area contributed by atoms with Crippen molar-refractivity contribution in [2.75, 3.05) is 43.5 Å². The Hall–Kier alpha value is -6.72. The Labute approximate surface area is 344 Å². The van der Waals surface area contributed by atoms with Crippen LogP contribution in [0.1, 0.15) is 43.2 Å². The van der Waals surface area contributed by atoms with Gasteiger partial charge in [0.2, 0.25) is 0 Å². The van der Waals surface area contributed by atoms with Crippen LogP contribution in [0.2, 0.25) is 0 Å². The van der Waals surface area contributed by atoms with Crippen LogP contribution < -0.4 is 21.8 Å². The minimum absolute atomic E-state index is 0.0423. The second-order valence-electron chi connectivity index (χ2n) is 14.2. The van der Waals surface area contributed by atoms with Gasteiger partial charge in [0.1, 0.15) is 0 Å². The molecule has 17 nitrogen and oxygen atoms in total. The number of aliphatic hydroxyl groups is 1. The zero-order valence-electron chi connectivity index (χ0n) is 32.5. The molecule has 7 N–H and O–H groups in total. The first-order chi connectivity index (χ1) is 29.8. The summed E-state index contributed by atoms with van der Waals surface area (Å²) in [7, 11) is 0. The van der Waals surface area contributed by atoms with E-state index in [9.17, 15) is 35.9 Å². The molecule has 0 aliphatic carbocycles. The summed E-state index contributed by atoms with van der Waals surface area (Å²) in [5.41, 5.74) is 1.54. The minimum atomic E-state index is -4.50. The molecular weight excluding hydrogens is 830 g/mol. The van der Waals surface area contributed by atoms with Gasteiger partial charge in [-0.25, -0.2) is 19.9 Å². The second kappa shape index (κ2) is 17.3. The van der Waals surface area contributed by atoms with Crippen LogP contribution in [0.4, 0.5) is 38.0 Å². The number of rotatable bonds is 12. The van der Waals surface area contributed by atoms with Gasteiger partial charge in [-0.1, -0.05) is 0 Å². The van der Waals surface area contributed by atoms with Crippen molar-refractivity contribution >= 4 is 45.0 Å². The number of hydrogen-bond donors (Lipinski definition) is 7. The molecule has 1 unspecified atom stereocenters. The molecule has 1 aliphatic heterocycles. The number of aliphatic hydroxyl groups excluding tert-OH is 1. The highest BCUT2D eigenvalue weighted by atomic mass is 19.4. The number of imidazole rings is 2. The van der Waals surface area contributed by atoms with E-state index in [2.05, 4.69) is 51.0 Å². The number of hydrogen-bond acceptors (Lipinski definition) is 11. The van der Waals surface area contributed by atoms with Crippen molar-refractivity contribution < 1.29 is 40.9 Å². The first-order valence-corrected chi connectivity index (χ1v) is 19.4. The fraction of sp³-hybridized carbons (Fsp3) is 0.333. The van der Waals surface area contributed by atoms with Crippen molar-refractivity contribution in [2.24, 2.45) is 0 Å². The fourth-order valence-corrected chi connectivity index (χ4v) is 7.00. The Balaban J connectivity index is 0.000000174. The first kappa shape index (κ1) is 42.0. The van der Waals surface area contributed by atoms with Gasteiger partial charge in [0, 0.05) is 38.4 Å². The highest BCUT2D eigenvalue weighted by Gasteiger charge is 2.32. The summed E-state index contributed by atoms with van der Waals surface area (Å²) < 4.78 is 94.0. The van der Waals surface area contributed by atoms with E-state index in [0.29, 0.717) is 90.1 Å². The van der Waals surface area contributed by atoms with Crippen molar-refractivity contribution in [3.63, 3.8) is 0 Å². The van der Waals surface area contributed by atoms with Gasteiger partial charge in [0.25, 0.3) is 11.1 Å². The van der Waals surface area contributed by atoms with Crippen molar-refractivity contribution in [2.45, 2.75) is 50.7 Å². The number of ether oxygens (including phenoxy) is 2. The minimum Gasteiger partial charge on any atom is -0.396 e. The van der Waals surface area contributed by atoms with Crippen molar-refractivity contribution in [1.29, 1.82) is 0 Å². The van der Waals surface area contributed by atoms with Crippen LogP contribution in [0, 0.1) is 0 Å². The molecule has 6 aromatic heterocycles. The molecule has 1 saturated heterocycles. The molecular formula is C39H38F6N12O5. The number of aromatic amines is 4.